The molecule has 1 aliphatic rings. The number of likely N-dealkylation sites (N-methyl/N-ethyl adjacent to an activating group) is 1. The van der Waals surface area contributed by atoms with Crippen LogP contribution >= 0.6 is 0 Å². The summed E-state index contributed by atoms with van der Waals surface area (Å²) in [4.78, 5) is 35.5. The molecule has 2 heterocycles. The van der Waals surface area contributed by atoms with E-state index < -0.39 is 5.97 Å². The van der Waals surface area contributed by atoms with Crippen molar-refractivity contribution in [1.29, 1.82) is 0 Å². The molecule has 7 nitrogen and oxygen atoms in total. The maximum absolute atomic E-state index is 12.2. The molecule has 0 saturated carbocycles. The number of aromatic amines is 1. The largest absolute Gasteiger partial charge is 0.452 e. The summed E-state index contributed by atoms with van der Waals surface area (Å²) < 4.78 is 5.16. The molecule has 1 aromatic carbocycles. The molecular weight excluding hydrogens is 320 g/mol. The number of ether oxygens (including phenoxy) is 1. The molecule has 1 N–H and O–H groups in total. The number of nitrogens with zero attached hydrogens (tertiary/aromatic N) is 3. The number of carbonyl (C=O) groups excluding carboxylic acids is 2. The van der Waals surface area contributed by atoms with Gasteiger partial charge in [0.05, 0.1) is 5.56 Å². The van der Waals surface area contributed by atoms with Crippen LogP contribution in [0.15, 0.2) is 36.7 Å². The fourth-order valence-electron chi connectivity index (χ4n) is 2.80. The average molecular weight is 342 g/mol. The van der Waals surface area contributed by atoms with Crippen LogP contribution in [0.2, 0.25) is 0 Å². The summed E-state index contributed by atoms with van der Waals surface area (Å²) in [6.07, 6.45) is 3.41. The Bertz CT molecular complexity index is 704. The monoisotopic (exact) mass is 342 g/mol. The summed E-state index contributed by atoms with van der Waals surface area (Å²) in [5, 5.41) is 0. The van der Waals surface area contributed by atoms with Gasteiger partial charge in [-0.3, -0.25) is 4.79 Å². The Kier molecular flexibility index (Phi) is 5.45. The van der Waals surface area contributed by atoms with Crippen LogP contribution in [0.5, 0.6) is 0 Å². The molecule has 0 bridgehead atoms. The second kappa shape index (κ2) is 7.94. The van der Waals surface area contributed by atoms with Crippen LogP contribution in [0.3, 0.4) is 0 Å². The predicted octanol–water partition coefficient (Wildman–Crippen LogP) is 1.40. The molecule has 1 amide bonds. The highest BCUT2D eigenvalue weighted by atomic mass is 16.5. The van der Waals surface area contributed by atoms with Gasteiger partial charge in [-0.15, -0.1) is 0 Å². The molecule has 0 radical (unpaired) electrons. The van der Waals surface area contributed by atoms with Crippen molar-refractivity contribution >= 4 is 11.9 Å². The Labute approximate surface area is 146 Å². The Morgan fingerprint density at radius 1 is 1.16 bits per heavy atom. The van der Waals surface area contributed by atoms with Gasteiger partial charge < -0.3 is 19.5 Å². The third kappa shape index (κ3) is 4.24. The molecule has 132 valence electrons. The summed E-state index contributed by atoms with van der Waals surface area (Å²) in [7, 11) is 0. The third-order valence-electron chi connectivity index (χ3n) is 4.39. The highest BCUT2D eigenvalue weighted by Gasteiger charge is 2.21. The van der Waals surface area contributed by atoms with Gasteiger partial charge in [0.15, 0.2) is 6.61 Å². The van der Waals surface area contributed by atoms with E-state index in [4.69, 9.17) is 4.74 Å². The molecule has 0 atom stereocenters. The first-order valence-corrected chi connectivity index (χ1v) is 8.44. The lowest BCUT2D eigenvalue weighted by Gasteiger charge is -2.33. The number of amides is 1. The van der Waals surface area contributed by atoms with Gasteiger partial charge in [0.1, 0.15) is 5.82 Å². The standard InChI is InChI=1S/C18H22N4O3/c1-2-21-9-11-22(12-10-21)16(23)13-25-18(24)15-5-3-14(4-6-15)17-19-7-8-20-17/h3-8H,2,9-13H2,1H3,(H,19,20). The van der Waals surface area contributed by atoms with Crippen molar-refractivity contribution in [2.75, 3.05) is 39.3 Å². The third-order valence-corrected chi connectivity index (χ3v) is 4.39. The number of benzene rings is 1. The lowest BCUT2D eigenvalue weighted by atomic mass is 10.1. The lowest BCUT2D eigenvalue weighted by Crippen LogP contribution is -2.49. The van der Waals surface area contributed by atoms with Gasteiger partial charge in [0.2, 0.25) is 0 Å². The number of aromatic nitrogens is 2. The average Bonchev–Trinajstić information content (AvgIpc) is 3.21. The number of esters is 1. The van der Waals surface area contributed by atoms with Gasteiger partial charge >= 0.3 is 5.97 Å². The maximum Gasteiger partial charge on any atom is 0.338 e. The first-order valence-electron chi connectivity index (χ1n) is 8.44. The van der Waals surface area contributed by atoms with Gasteiger partial charge in [-0.05, 0) is 18.7 Å². The van der Waals surface area contributed by atoms with Crippen molar-refractivity contribution in [1.82, 2.24) is 19.8 Å². The summed E-state index contributed by atoms with van der Waals surface area (Å²) >= 11 is 0. The van der Waals surface area contributed by atoms with Gasteiger partial charge in [-0.2, -0.15) is 0 Å². The molecule has 3 rings (SSSR count). The normalized spacial score (nSPS) is 15.2. The molecule has 1 fully saturated rings. The van der Waals surface area contributed by atoms with Crippen LogP contribution in [0.1, 0.15) is 17.3 Å². The molecule has 1 saturated heterocycles. The summed E-state index contributed by atoms with van der Waals surface area (Å²) in [5.74, 6) is 0.101. The van der Waals surface area contributed by atoms with Crippen molar-refractivity contribution in [3.8, 4) is 11.4 Å². The highest BCUT2D eigenvalue weighted by molar-refractivity contribution is 5.91. The zero-order valence-electron chi connectivity index (χ0n) is 14.3. The quantitative estimate of drug-likeness (QED) is 0.831. The number of carbonyl (C=O) groups is 2. The van der Waals surface area contributed by atoms with Crippen LogP contribution in [-0.4, -0.2) is 71.0 Å². The topological polar surface area (TPSA) is 78.5 Å². The van der Waals surface area contributed by atoms with Crippen molar-refractivity contribution in [2.24, 2.45) is 0 Å². The summed E-state index contributed by atoms with van der Waals surface area (Å²) in [6.45, 7) is 5.98. The first kappa shape index (κ1) is 17.2. The molecule has 7 heteroatoms. The van der Waals surface area contributed by atoms with Gasteiger partial charge in [0.25, 0.3) is 5.91 Å². The van der Waals surface area contributed by atoms with Gasteiger partial charge in [0, 0.05) is 44.1 Å². The fourth-order valence-corrected chi connectivity index (χ4v) is 2.80. The number of hydrogen-bond acceptors (Lipinski definition) is 5. The van der Waals surface area contributed by atoms with Crippen LogP contribution in [0.4, 0.5) is 0 Å². The maximum atomic E-state index is 12.2. The molecule has 0 unspecified atom stereocenters. The molecule has 0 aliphatic carbocycles. The van der Waals surface area contributed by atoms with Crippen LogP contribution in [0.25, 0.3) is 11.4 Å². The smallest absolute Gasteiger partial charge is 0.338 e. The number of rotatable bonds is 5. The van der Waals surface area contributed by atoms with E-state index in [1.807, 2.05) is 0 Å². The number of imidazole rings is 1. The fraction of sp³-hybridized carbons (Fsp3) is 0.389. The minimum atomic E-state index is -0.494. The first-order chi connectivity index (χ1) is 12.2. The molecule has 0 spiro atoms. The molecule has 2 aromatic rings. The minimum absolute atomic E-state index is 0.142. The van der Waals surface area contributed by atoms with Crippen molar-refractivity contribution < 1.29 is 14.3 Å². The Balaban J connectivity index is 1.50. The number of H-pyrrole nitrogens is 1. The zero-order chi connectivity index (χ0) is 17.6. The molecular formula is C18H22N4O3. The Morgan fingerprint density at radius 2 is 1.88 bits per heavy atom. The number of piperazine rings is 1. The lowest BCUT2D eigenvalue weighted by molar-refractivity contribution is -0.136. The van der Waals surface area contributed by atoms with E-state index in [9.17, 15) is 9.59 Å². The van der Waals surface area contributed by atoms with E-state index in [0.717, 1.165) is 31.0 Å². The van der Waals surface area contributed by atoms with E-state index in [1.165, 1.54) is 0 Å². The summed E-state index contributed by atoms with van der Waals surface area (Å²) in [6, 6.07) is 6.93. The number of nitrogens with one attached hydrogen (secondary N) is 1. The van der Waals surface area contributed by atoms with E-state index >= 15 is 0 Å². The van der Waals surface area contributed by atoms with Crippen molar-refractivity contribution in [3.05, 3.63) is 42.2 Å². The zero-order valence-corrected chi connectivity index (χ0v) is 14.3. The Morgan fingerprint density at radius 3 is 2.48 bits per heavy atom. The van der Waals surface area contributed by atoms with Gasteiger partial charge in [-0.25, -0.2) is 9.78 Å². The van der Waals surface area contributed by atoms with E-state index in [0.29, 0.717) is 18.7 Å². The van der Waals surface area contributed by atoms with E-state index in [1.54, 1.807) is 41.6 Å². The number of hydrogen-bond donors (Lipinski definition) is 1. The van der Waals surface area contributed by atoms with Gasteiger partial charge in [-0.1, -0.05) is 19.1 Å². The summed E-state index contributed by atoms with van der Waals surface area (Å²) in [5.41, 5.74) is 1.30. The molecule has 1 aliphatic heterocycles. The SMILES string of the molecule is CCN1CCN(C(=O)COC(=O)c2ccc(-c3ncc[nH]3)cc2)CC1. The molecule has 25 heavy (non-hydrogen) atoms. The minimum Gasteiger partial charge on any atom is -0.452 e. The highest BCUT2D eigenvalue weighted by Crippen LogP contribution is 2.15. The Hall–Kier alpha value is -2.67. The second-order valence-corrected chi connectivity index (χ2v) is 5.91. The van der Waals surface area contributed by atoms with Crippen LogP contribution in [0, 0.1) is 0 Å². The van der Waals surface area contributed by atoms with Crippen LogP contribution in [-0.2, 0) is 9.53 Å². The van der Waals surface area contributed by atoms with Crippen LogP contribution < -0.4 is 0 Å². The van der Waals surface area contributed by atoms with Crippen molar-refractivity contribution in [3.63, 3.8) is 0 Å². The molecule has 1 aromatic heterocycles. The van der Waals surface area contributed by atoms with E-state index in [2.05, 4.69) is 21.8 Å². The predicted molar refractivity (Wildman–Crippen MR) is 93.0 cm³/mol. The van der Waals surface area contributed by atoms with Crippen molar-refractivity contribution in [2.45, 2.75) is 6.92 Å². The van der Waals surface area contributed by atoms with E-state index in [-0.39, 0.29) is 12.5 Å². The second-order valence-electron chi connectivity index (χ2n) is 5.91.